The van der Waals surface area contributed by atoms with Crippen molar-refractivity contribution < 1.29 is 0 Å². The molecule has 0 radical (unpaired) electrons. The van der Waals surface area contributed by atoms with Gasteiger partial charge in [0.05, 0.1) is 7.57 Å². The molecule has 2 aromatic rings. The third-order valence-electron chi connectivity index (χ3n) is 2.66. The molecule has 1 atom stereocenters. The Morgan fingerprint density at radius 3 is 2.41 bits per heavy atom. The molecule has 0 aliphatic rings. The summed E-state index contributed by atoms with van der Waals surface area (Å²) in [7, 11) is 0. The zero-order valence-electron chi connectivity index (χ0n) is 9.41. The molecule has 1 heterocycles. The van der Waals surface area contributed by atoms with Crippen LogP contribution >= 0.6 is 43.2 Å². The highest BCUT2D eigenvalue weighted by Crippen LogP contribution is 2.35. The first kappa shape index (κ1) is 13.3. The van der Waals surface area contributed by atoms with E-state index >= 15 is 0 Å². The molecule has 0 spiro atoms. The number of rotatable bonds is 3. The van der Waals surface area contributed by atoms with Crippen LogP contribution in [-0.4, -0.2) is 0 Å². The van der Waals surface area contributed by atoms with Gasteiger partial charge in [0.25, 0.3) is 0 Å². The Balaban J connectivity index is 2.14. The SMILES string of the molecule is Cc1ccc(CC(N)c2cc(Br)sc2Br)cc1. The largest absolute Gasteiger partial charge is 0.324 e. The summed E-state index contributed by atoms with van der Waals surface area (Å²) in [5.74, 6) is 0. The van der Waals surface area contributed by atoms with Crippen LogP contribution in [0.1, 0.15) is 22.7 Å². The van der Waals surface area contributed by atoms with Crippen LogP contribution in [0.15, 0.2) is 37.9 Å². The first-order valence-electron chi connectivity index (χ1n) is 5.32. The molecule has 0 saturated heterocycles. The van der Waals surface area contributed by atoms with Crippen LogP contribution < -0.4 is 5.73 Å². The summed E-state index contributed by atoms with van der Waals surface area (Å²) < 4.78 is 2.22. The smallest absolute Gasteiger partial charge is 0.0758 e. The fourth-order valence-corrected chi connectivity index (χ4v) is 4.69. The summed E-state index contributed by atoms with van der Waals surface area (Å²) in [6, 6.07) is 10.7. The molecule has 90 valence electrons. The van der Waals surface area contributed by atoms with Gasteiger partial charge in [-0.3, -0.25) is 0 Å². The maximum absolute atomic E-state index is 6.24. The van der Waals surface area contributed by atoms with E-state index in [0.29, 0.717) is 0 Å². The molecule has 2 N–H and O–H groups in total. The van der Waals surface area contributed by atoms with Gasteiger partial charge in [-0.15, -0.1) is 11.3 Å². The Kier molecular flexibility index (Phi) is 4.42. The molecular formula is C13H13Br2NS. The molecule has 1 aromatic heterocycles. The zero-order chi connectivity index (χ0) is 12.4. The number of benzene rings is 1. The first-order chi connectivity index (χ1) is 8.06. The predicted molar refractivity (Wildman–Crippen MR) is 81.5 cm³/mol. The summed E-state index contributed by atoms with van der Waals surface area (Å²) in [5, 5.41) is 0. The van der Waals surface area contributed by atoms with Crippen molar-refractivity contribution in [3.8, 4) is 0 Å². The molecule has 17 heavy (non-hydrogen) atoms. The molecule has 0 fully saturated rings. The Hall–Kier alpha value is -0.160. The molecule has 4 heteroatoms. The monoisotopic (exact) mass is 373 g/mol. The van der Waals surface area contributed by atoms with E-state index in [9.17, 15) is 0 Å². The Morgan fingerprint density at radius 2 is 1.88 bits per heavy atom. The fraction of sp³-hybridized carbons (Fsp3) is 0.231. The van der Waals surface area contributed by atoms with Gasteiger partial charge in [0.1, 0.15) is 0 Å². The normalized spacial score (nSPS) is 12.7. The van der Waals surface area contributed by atoms with Crippen LogP contribution in [0, 0.1) is 6.92 Å². The second-order valence-corrected chi connectivity index (χ2v) is 7.83. The van der Waals surface area contributed by atoms with Crippen LogP contribution in [0.3, 0.4) is 0 Å². The van der Waals surface area contributed by atoms with Gasteiger partial charge in [-0.1, -0.05) is 29.8 Å². The predicted octanol–water partition coefficient (Wildman–Crippen LogP) is 4.82. The van der Waals surface area contributed by atoms with Gasteiger partial charge in [0.2, 0.25) is 0 Å². The van der Waals surface area contributed by atoms with Crippen molar-refractivity contribution in [2.24, 2.45) is 5.73 Å². The summed E-state index contributed by atoms with van der Waals surface area (Å²) in [6.45, 7) is 2.09. The Bertz CT molecular complexity index is 505. The molecule has 1 unspecified atom stereocenters. The molecule has 2 rings (SSSR count). The van der Waals surface area contributed by atoms with Crippen molar-refractivity contribution in [2.45, 2.75) is 19.4 Å². The van der Waals surface area contributed by atoms with Crippen LogP contribution in [0.25, 0.3) is 0 Å². The average Bonchev–Trinajstić information content (AvgIpc) is 2.61. The van der Waals surface area contributed by atoms with Gasteiger partial charge in [-0.2, -0.15) is 0 Å². The van der Waals surface area contributed by atoms with E-state index in [0.717, 1.165) is 14.0 Å². The summed E-state index contributed by atoms with van der Waals surface area (Å²) >= 11 is 8.69. The highest BCUT2D eigenvalue weighted by Gasteiger charge is 2.13. The molecular weight excluding hydrogens is 362 g/mol. The molecule has 0 amide bonds. The van der Waals surface area contributed by atoms with Crippen molar-refractivity contribution in [2.75, 3.05) is 0 Å². The average molecular weight is 375 g/mol. The van der Waals surface area contributed by atoms with E-state index in [1.807, 2.05) is 0 Å². The van der Waals surface area contributed by atoms with Gasteiger partial charge < -0.3 is 5.73 Å². The lowest BCUT2D eigenvalue weighted by Crippen LogP contribution is -2.12. The minimum Gasteiger partial charge on any atom is -0.324 e. The number of hydrogen-bond donors (Lipinski definition) is 1. The number of halogens is 2. The number of aryl methyl sites for hydroxylation is 1. The van der Waals surface area contributed by atoms with E-state index < -0.39 is 0 Å². The van der Waals surface area contributed by atoms with E-state index in [4.69, 9.17) is 5.73 Å². The minimum absolute atomic E-state index is 0.0367. The highest BCUT2D eigenvalue weighted by atomic mass is 79.9. The lowest BCUT2D eigenvalue weighted by Gasteiger charge is -2.11. The summed E-state index contributed by atoms with van der Waals surface area (Å²) in [6.07, 6.45) is 0.863. The molecule has 0 aliphatic carbocycles. The topological polar surface area (TPSA) is 26.0 Å². The Labute approximate surface area is 122 Å². The van der Waals surface area contributed by atoms with Gasteiger partial charge in [0, 0.05) is 6.04 Å². The minimum atomic E-state index is 0.0367. The molecule has 1 aromatic carbocycles. The third kappa shape index (κ3) is 3.41. The highest BCUT2D eigenvalue weighted by molar-refractivity contribution is 9.12. The molecule has 0 saturated carbocycles. The number of thiophene rings is 1. The molecule has 0 bridgehead atoms. The fourth-order valence-electron chi connectivity index (χ4n) is 1.69. The van der Waals surface area contributed by atoms with E-state index in [-0.39, 0.29) is 6.04 Å². The quantitative estimate of drug-likeness (QED) is 0.818. The lowest BCUT2D eigenvalue weighted by molar-refractivity contribution is 0.722. The zero-order valence-corrected chi connectivity index (χ0v) is 13.4. The second-order valence-electron chi connectivity index (χ2n) is 4.08. The summed E-state index contributed by atoms with van der Waals surface area (Å²) in [5.41, 5.74) is 9.96. The van der Waals surface area contributed by atoms with Crippen molar-refractivity contribution in [3.05, 3.63) is 54.6 Å². The van der Waals surface area contributed by atoms with Crippen molar-refractivity contribution in [1.82, 2.24) is 0 Å². The van der Waals surface area contributed by atoms with Crippen LogP contribution in [-0.2, 0) is 6.42 Å². The van der Waals surface area contributed by atoms with E-state index in [1.54, 1.807) is 11.3 Å². The lowest BCUT2D eigenvalue weighted by atomic mass is 10.0. The number of nitrogens with two attached hydrogens (primary N) is 1. The van der Waals surface area contributed by atoms with Crippen LogP contribution in [0.5, 0.6) is 0 Å². The maximum Gasteiger partial charge on any atom is 0.0758 e. The molecule has 1 nitrogen and oxygen atoms in total. The van der Waals surface area contributed by atoms with Gasteiger partial charge in [-0.05, 0) is 62.4 Å². The molecule has 0 aliphatic heterocycles. The summed E-state index contributed by atoms with van der Waals surface area (Å²) in [4.78, 5) is 0. The maximum atomic E-state index is 6.24. The van der Waals surface area contributed by atoms with Gasteiger partial charge in [-0.25, -0.2) is 0 Å². The van der Waals surface area contributed by atoms with Crippen LogP contribution in [0.2, 0.25) is 0 Å². The van der Waals surface area contributed by atoms with Crippen molar-refractivity contribution in [3.63, 3.8) is 0 Å². The van der Waals surface area contributed by atoms with E-state index in [1.165, 1.54) is 16.7 Å². The Morgan fingerprint density at radius 1 is 1.24 bits per heavy atom. The third-order valence-corrected chi connectivity index (χ3v) is 5.04. The van der Waals surface area contributed by atoms with Crippen LogP contribution in [0.4, 0.5) is 0 Å². The standard InChI is InChI=1S/C13H13Br2NS/c1-8-2-4-9(5-3-8)6-11(16)10-7-12(14)17-13(10)15/h2-5,7,11H,6,16H2,1H3. The van der Waals surface area contributed by atoms with Gasteiger partial charge in [0.15, 0.2) is 0 Å². The first-order valence-corrected chi connectivity index (χ1v) is 7.72. The number of hydrogen-bond acceptors (Lipinski definition) is 2. The second kappa shape index (κ2) is 5.65. The van der Waals surface area contributed by atoms with Gasteiger partial charge >= 0.3 is 0 Å². The van der Waals surface area contributed by atoms with Crippen molar-refractivity contribution >= 4 is 43.2 Å². The van der Waals surface area contributed by atoms with E-state index in [2.05, 4.69) is 69.1 Å². The van der Waals surface area contributed by atoms with Crippen molar-refractivity contribution in [1.29, 1.82) is 0 Å².